The van der Waals surface area contributed by atoms with E-state index in [-0.39, 0.29) is 5.91 Å². The number of hydrogen-bond donors (Lipinski definition) is 2. The van der Waals surface area contributed by atoms with Crippen molar-refractivity contribution in [3.63, 3.8) is 0 Å². The first-order valence-corrected chi connectivity index (χ1v) is 9.82. The number of nitrogens with one attached hydrogen (secondary N) is 2. The summed E-state index contributed by atoms with van der Waals surface area (Å²) in [6, 6.07) is 24.5. The zero-order valence-electron chi connectivity index (χ0n) is 17.3. The standard InChI is InChI=1S/C25H22N4O2/c1-17-5-3-6-18(13-17)23-15-24(27-16-26-23)28-21-8-4-7-19(14-21)25(30)29-20-9-11-22(31-2)12-10-20/h3-16H,1-2H3,(H,29,30)(H,26,27,28). The Morgan fingerprint density at radius 3 is 2.45 bits per heavy atom. The normalized spacial score (nSPS) is 10.4. The lowest BCUT2D eigenvalue weighted by Crippen LogP contribution is -2.12. The molecule has 4 aromatic rings. The molecule has 1 heterocycles. The second kappa shape index (κ2) is 9.09. The molecule has 0 aliphatic carbocycles. The number of rotatable bonds is 6. The molecular formula is C25H22N4O2. The average molecular weight is 410 g/mol. The highest BCUT2D eigenvalue weighted by atomic mass is 16.5. The third-order valence-corrected chi connectivity index (χ3v) is 4.73. The van der Waals surface area contributed by atoms with Crippen molar-refractivity contribution in [2.75, 3.05) is 17.7 Å². The van der Waals surface area contributed by atoms with Gasteiger partial charge in [0.2, 0.25) is 0 Å². The van der Waals surface area contributed by atoms with Crippen molar-refractivity contribution < 1.29 is 9.53 Å². The van der Waals surface area contributed by atoms with Crippen molar-refractivity contribution >= 4 is 23.1 Å². The molecule has 3 aromatic carbocycles. The maximum absolute atomic E-state index is 12.6. The molecular weight excluding hydrogens is 388 g/mol. The van der Waals surface area contributed by atoms with Gasteiger partial charge in [0, 0.05) is 28.6 Å². The molecule has 0 aliphatic heterocycles. The van der Waals surface area contributed by atoms with Gasteiger partial charge in [-0.1, -0.05) is 29.8 Å². The Labute approximate surface area is 181 Å². The third-order valence-electron chi connectivity index (χ3n) is 4.73. The van der Waals surface area contributed by atoms with Crippen LogP contribution in [0, 0.1) is 6.92 Å². The monoisotopic (exact) mass is 410 g/mol. The van der Waals surface area contributed by atoms with Crippen LogP contribution in [0.2, 0.25) is 0 Å². The summed E-state index contributed by atoms with van der Waals surface area (Å²) < 4.78 is 5.14. The van der Waals surface area contributed by atoms with Gasteiger partial charge in [-0.15, -0.1) is 0 Å². The predicted molar refractivity (Wildman–Crippen MR) is 123 cm³/mol. The molecule has 154 valence electrons. The minimum absolute atomic E-state index is 0.197. The van der Waals surface area contributed by atoms with E-state index in [1.165, 1.54) is 11.9 Å². The Balaban J connectivity index is 1.49. The molecule has 0 atom stereocenters. The summed E-state index contributed by atoms with van der Waals surface area (Å²) in [5, 5.41) is 6.14. The minimum atomic E-state index is -0.197. The van der Waals surface area contributed by atoms with E-state index < -0.39 is 0 Å². The number of aryl methyl sites for hydroxylation is 1. The van der Waals surface area contributed by atoms with Crippen LogP contribution in [0.3, 0.4) is 0 Å². The molecule has 1 amide bonds. The van der Waals surface area contributed by atoms with Crippen LogP contribution < -0.4 is 15.4 Å². The van der Waals surface area contributed by atoms with E-state index in [1.807, 2.05) is 43.3 Å². The Morgan fingerprint density at radius 1 is 0.871 bits per heavy atom. The lowest BCUT2D eigenvalue weighted by Gasteiger charge is -2.10. The molecule has 0 fully saturated rings. The number of methoxy groups -OCH3 is 1. The quantitative estimate of drug-likeness (QED) is 0.442. The molecule has 0 unspecified atom stereocenters. The molecule has 0 radical (unpaired) electrons. The Hall–Kier alpha value is -4.19. The van der Waals surface area contributed by atoms with Crippen LogP contribution in [-0.2, 0) is 0 Å². The lowest BCUT2D eigenvalue weighted by atomic mass is 10.1. The van der Waals surface area contributed by atoms with Crippen molar-refractivity contribution in [3.05, 3.63) is 96.3 Å². The Kier molecular flexibility index (Phi) is 5.89. The van der Waals surface area contributed by atoms with Crippen LogP contribution in [0.4, 0.5) is 17.2 Å². The first kappa shape index (κ1) is 20.1. The van der Waals surface area contributed by atoms with Gasteiger partial charge >= 0.3 is 0 Å². The molecule has 0 saturated carbocycles. The minimum Gasteiger partial charge on any atom is -0.497 e. The number of anilines is 3. The first-order chi connectivity index (χ1) is 15.1. The zero-order valence-corrected chi connectivity index (χ0v) is 17.3. The van der Waals surface area contributed by atoms with Crippen molar-refractivity contribution in [2.45, 2.75) is 6.92 Å². The third kappa shape index (κ3) is 5.05. The number of benzene rings is 3. The number of aromatic nitrogens is 2. The number of amides is 1. The number of ether oxygens (including phenoxy) is 1. The maximum Gasteiger partial charge on any atom is 0.255 e. The average Bonchev–Trinajstić information content (AvgIpc) is 2.80. The molecule has 4 rings (SSSR count). The predicted octanol–water partition coefficient (Wildman–Crippen LogP) is 5.46. The summed E-state index contributed by atoms with van der Waals surface area (Å²) in [6.45, 7) is 2.05. The van der Waals surface area contributed by atoms with E-state index in [1.54, 1.807) is 43.5 Å². The number of hydrogen-bond acceptors (Lipinski definition) is 5. The molecule has 0 bridgehead atoms. The van der Waals surface area contributed by atoms with Crippen LogP contribution in [-0.4, -0.2) is 23.0 Å². The number of carbonyl (C=O) groups is 1. The van der Waals surface area contributed by atoms with Crippen LogP contribution >= 0.6 is 0 Å². The molecule has 0 spiro atoms. The topological polar surface area (TPSA) is 76.1 Å². The molecule has 0 saturated heterocycles. The summed E-state index contributed by atoms with van der Waals surface area (Å²) in [5.41, 5.74) is 5.02. The van der Waals surface area contributed by atoms with Gasteiger partial charge in [-0.05, 0) is 55.5 Å². The fourth-order valence-electron chi connectivity index (χ4n) is 3.15. The van der Waals surface area contributed by atoms with Gasteiger partial charge < -0.3 is 15.4 Å². The van der Waals surface area contributed by atoms with E-state index >= 15 is 0 Å². The summed E-state index contributed by atoms with van der Waals surface area (Å²) in [5.74, 6) is 1.19. The van der Waals surface area contributed by atoms with Gasteiger partial charge in [-0.2, -0.15) is 0 Å². The highest BCUT2D eigenvalue weighted by Crippen LogP contribution is 2.23. The van der Waals surface area contributed by atoms with Crippen molar-refractivity contribution in [2.24, 2.45) is 0 Å². The van der Waals surface area contributed by atoms with Gasteiger partial charge in [0.15, 0.2) is 0 Å². The SMILES string of the molecule is COc1ccc(NC(=O)c2cccc(Nc3cc(-c4cccc(C)c4)ncn3)c2)cc1. The van der Waals surface area contributed by atoms with Crippen molar-refractivity contribution in [1.29, 1.82) is 0 Å². The summed E-state index contributed by atoms with van der Waals surface area (Å²) >= 11 is 0. The van der Waals surface area contributed by atoms with Crippen LogP contribution in [0.1, 0.15) is 15.9 Å². The molecule has 2 N–H and O–H groups in total. The summed E-state index contributed by atoms with van der Waals surface area (Å²) in [7, 11) is 1.60. The van der Waals surface area contributed by atoms with Gasteiger partial charge in [0.25, 0.3) is 5.91 Å². The Morgan fingerprint density at radius 2 is 1.68 bits per heavy atom. The molecule has 0 aliphatic rings. The fraction of sp³-hybridized carbons (Fsp3) is 0.0800. The second-order valence-electron chi connectivity index (χ2n) is 7.05. The molecule has 1 aromatic heterocycles. The largest absolute Gasteiger partial charge is 0.497 e. The maximum atomic E-state index is 12.6. The van der Waals surface area contributed by atoms with Crippen LogP contribution in [0.25, 0.3) is 11.3 Å². The molecule has 6 heteroatoms. The molecule has 31 heavy (non-hydrogen) atoms. The molecule has 6 nitrogen and oxygen atoms in total. The van der Waals surface area contributed by atoms with Gasteiger partial charge in [-0.3, -0.25) is 4.79 Å². The van der Waals surface area contributed by atoms with Crippen LogP contribution in [0.5, 0.6) is 5.75 Å². The fourth-order valence-corrected chi connectivity index (χ4v) is 3.15. The van der Waals surface area contributed by atoms with E-state index in [4.69, 9.17) is 4.74 Å². The van der Waals surface area contributed by atoms with Crippen molar-refractivity contribution in [1.82, 2.24) is 9.97 Å². The summed E-state index contributed by atoms with van der Waals surface area (Å²) in [6.07, 6.45) is 1.53. The van der Waals surface area contributed by atoms with E-state index in [0.29, 0.717) is 17.1 Å². The van der Waals surface area contributed by atoms with E-state index in [0.717, 1.165) is 22.7 Å². The van der Waals surface area contributed by atoms with Gasteiger partial charge in [0.05, 0.1) is 12.8 Å². The highest BCUT2D eigenvalue weighted by Gasteiger charge is 2.08. The number of carbonyl (C=O) groups excluding carboxylic acids is 1. The highest BCUT2D eigenvalue weighted by molar-refractivity contribution is 6.04. The van der Waals surface area contributed by atoms with E-state index in [9.17, 15) is 4.79 Å². The van der Waals surface area contributed by atoms with Crippen molar-refractivity contribution in [3.8, 4) is 17.0 Å². The zero-order chi connectivity index (χ0) is 21.6. The smallest absolute Gasteiger partial charge is 0.255 e. The van der Waals surface area contributed by atoms with Gasteiger partial charge in [0.1, 0.15) is 17.9 Å². The van der Waals surface area contributed by atoms with Crippen LogP contribution in [0.15, 0.2) is 85.2 Å². The van der Waals surface area contributed by atoms with Gasteiger partial charge in [-0.25, -0.2) is 9.97 Å². The second-order valence-corrected chi connectivity index (χ2v) is 7.05. The number of nitrogens with zero attached hydrogens (tertiary/aromatic N) is 2. The lowest BCUT2D eigenvalue weighted by molar-refractivity contribution is 0.102. The van der Waals surface area contributed by atoms with E-state index in [2.05, 4.69) is 26.7 Å². The Bertz CT molecular complexity index is 1210. The summed E-state index contributed by atoms with van der Waals surface area (Å²) in [4.78, 5) is 21.3. The first-order valence-electron chi connectivity index (χ1n) is 9.82.